The molecule has 0 aliphatic heterocycles. The number of benzene rings is 2. The molecule has 0 bridgehead atoms. The van der Waals surface area contributed by atoms with E-state index >= 15 is 0 Å². The minimum absolute atomic E-state index is 0.0916. The number of primary amides is 1. The predicted molar refractivity (Wildman–Crippen MR) is 90.9 cm³/mol. The molecule has 0 radical (unpaired) electrons. The number of carbonyl (C=O) groups excluding carboxylic acids is 1. The average molecular weight is 365 g/mol. The number of nitrogens with zero attached hydrogens (tertiary/aromatic N) is 1. The highest BCUT2D eigenvalue weighted by Crippen LogP contribution is 2.39. The summed E-state index contributed by atoms with van der Waals surface area (Å²) in [5, 5.41) is 23.8. The van der Waals surface area contributed by atoms with Gasteiger partial charge in [0.2, 0.25) is 5.75 Å². The predicted octanol–water partition coefficient (Wildman–Crippen LogP) is 1.85. The number of nitro groups is 1. The molecule has 2 aromatic carbocycles. The van der Waals surface area contributed by atoms with Gasteiger partial charge in [0.05, 0.1) is 15.4 Å². The Morgan fingerprint density at radius 2 is 1.92 bits per heavy atom. The summed E-state index contributed by atoms with van der Waals surface area (Å²) >= 11 is 0. The van der Waals surface area contributed by atoms with Crippen molar-refractivity contribution in [2.24, 2.45) is 5.73 Å². The van der Waals surface area contributed by atoms with Crippen molar-refractivity contribution in [2.75, 3.05) is 11.6 Å². The first kappa shape index (κ1) is 18.2. The molecule has 0 spiro atoms. The Bertz CT molecular complexity index is 985. The minimum atomic E-state index is -3.40. The van der Waals surface area contributed by atoms with Crippen LogP contribution in [0, 0.1) is 17.0 Å². The third kappa shape index (κ3) is 3.69. The van der Waals surface area contributed by atoms with Crippen LogP contribution in [0.15, 0.2) is 35.2 Å². The maximum atomic E-state index is 11.6. The number of carbonyl (C=O) groups is 1. The zero-order valence-corrected chi connectivity index (χ0v) is 14.1. The number of nitrogens with two attached hydrogens (primary N) is 1. The fraction of sp³-hybridized carbons (Fsp3) is 0.133. The van der Waals surface area contributed by atoms with Gasteiger partial charge in [0.15, 0.2) is 9.84 Å². The van der Waals surface area contributed by atoms with Crippen LogP contribution in [0.3, 0.4) is 0 Å². The molecule has 2 rings (SSSR count). The molecule has 0 saturated carbocycles. The first-order chi connectivity index (χ1) is 11.5. The zero-order valence-electron chi connectivity index (χ0n) is 13.3. The second-order valence-corrected chi connectivity index (χ2v) is 7.37. The van der Waals surface area contributed by atoms with Crippen molar-refractivity contribution in [2.45, 2.75) is 11.8 Å². The molecule has 0 fully saturated rings. The van der Waals surface area contributed by atoms with Crippen LogP contribution >= 0.6 is 0 Å². The Hall–Kier alpha value is -3.14. The van der Waals surface area contributed by atoms with Crippen molar-refractivity contribution < 1.29 is 23.2 Å². The van der Waals surface area contributed by atoms with E-state index in [-0.39, 0.29) is 16.1 Å². The summed E-state index contributed by atoms with van der Waals surface area (Å²) in [5.41, 5.74) is 5.12. The Morgan fingerprint density at radius 3 is 2.40 bits per heavy atom. The monoisotopic (exact) mass is 365 g/mol. The molecule has 25 heavy (non-hydrogen) atoms. The van der Waals surface area contributed by atoms with Crippen molar-refractivity contribution in [1.29, 1.82) is 0 Å². The summed E-state index contributed by atoms with van der Waals surface area (Å²) in [6.45, 7) is 1.61. The molecule has 9 nitrogen and oxygen atoms in total. The summed E-state index contributed by atoms with van der Waals surface area (Å²) in [5.74, 6) is -1.63. The SMILES string of the molecule is Cc1cc(S(C)(=O)=O)ccc1Nc1c(C(N)=O)ccc([N+](=O)[O-])c1O. The van der Waals surface area contributed by atoms with Gasteiger partial charge < -0.3 is 16.2 Å². The molecule has 132 valence electrons. The number of nitro benzene ring substituents is 1. The van der Waals surface area contributed by atoms with Gasteiger partial charge in [-0.3, -0.25) is 14.9 Å². The van der Waals surface area contributed by atoms with Crippen LogP contribution in [-0.4, -0.2) is 30.6 Å². The second-order valence-electron chi connectivity index (χ2n) is 5.35. The van der Waals surface area contributed by atoms with Crippen LogP contribution in [0.2, 0.25) is 0 Å². The molecule has 0 heterocycles. The largest absolute Gasteiger partial charge is 0.501 e. The molecule has 4 N–H and O–H groups in total. The van der Waals surface area contributed by atoms with Crippen LogP contribution in [-0.2, 0) is 9.84 Å². The Morgan fingerprint density at radius 1 is 1.28 bits per heavy atom. The lowest BCUT2D eigenvalue weighted by Gasteiger charge is -2.14. The normalized spacial score (nSPS) is 11.1. The zero-order chi connectivity index (χ0) is 18.9. The van der Waals surface area contributed by atoms with Gasteiger partial charge >= 0.3 is 5.69 Å². The fourth-order valence-corrected chi connectivity index (χ4v) is 2.91. The molecule has 0 aliphatic rings. The lowest BCUT2D eigenvalue weighted by Crippen LogP contribution is -2.14. The van der Waals surface area contributed by atoms with Gasteiger partial charge in [0.1, 0.15) is 5.69 Å². The third-order valence-corrected chi connectivity index (χ3v) is 4.61. The van der Waals surface area contributed by atoms with Crippen LogP contribution in [0.4, 0.5) is 17.1 Å². The number of sulfone groups is 1. The number of anilines is 2. The second kappa shape index (κ2) is 6.40. The van der Waals surface area contributed by atoms with E-state index in [0.29, 0.717) is 11.3 Å². The molecule has 0 aliphatic carbocycles. The molecular weight excluding hydrogens is 350 g/mol. The molecule has 0 aromatic heterocycles. The van der Waals surface area contributed by atoms with Gasteiger partial charge in [0, 0.05) is 18.0 Å². The van der Waals surface area contributed by atoms with Gasteiger partial charge in [-0.1, -0.05) is 0 Å². The standard InChI is InChI=1S/C15H15N3O6S/c1-8-7-9(25(2,23)24)3-5-11(8)17-13-10(15(16)20)4-6-12(14(13)19)18(21)22/h3-7,17,19H,1-2H3,(H2,16,20). The van der Waals surface area contributed by atoms with Gasteiger partial charge in [-0.2, -0.15) is 0 Å². The first-order valence-corrected chi connectivity index (χ1v) is 8.79. The van der Waals surface area contributed by atoms with E-state index in [1.54, 1.807) is 6.92 Å². The maximum absolute atomic E-state index is 11.6. The molecule has 2 aromatic rings. The summed E-state index contributed by atoms with van der Waals surface area (Å²) in [6, 6.07) is 6.26. The quantitative estimate of drug-likeness (QED) is 0.415. The van der Waals surface area contributed by atoms with E-state index < -0.39 is 32.1 Å². The number of phenols is 1. The van der Waals surface area contributed by atoms with E-state index in [4.69, 9.17) is 5.73 Å². The van der Waals surface area contributed by atoms with Gasteiger partial charge in [0.25, 0.3) is 5.91 Å². The van der Waals surface area contributed by atoms with Gasteiger partial charge in [-0.25, -0.2) is 8.42 Å². The van der Waals surface area contributed by atoms with Crippen molar-refractivity contribution in [3.63, 3.8) is 0 Å². The smallest absolute Gasteiger partial charge is 0.312 e. The number of aromatic hydroxyl groups is 1. The summed E-state index contributed by atoms with van der Waals surface area (Å²) in [7, 11) is -3.40. The van der Waals surface area contributed by atoms with Crippen LogP contribution in [0.1, 0.15) is 15.9 Å². The van der Waals surface area contributed by atoms with Crippen LogP contribution < -0.4 is 11.1 Å². The third-order valence-electron chi connectivity index (χ3n) is 3.50. The molecule has 10 heteroatoms. The highest BCUT2D eigenvalue weighted by molar-refractivity contribution is 7.90. The van der Waals surface area contributed by atoms with E-state index in [1.807, 2.05) is 0 Å². The number of phenolic OH excluding ortho intramolecular Hbond substituents is 1. The molecule has 0 unspecified atom stereocenters. The van der Waals surface area contributed by atoms with E-state index in [2.05, 4.69) is 5.32 Å². The molecule has 0 atom stereocenters. The highest BCUT2D eigenvalue weighted by Gasteiger charge is 2.23. The summed E-state index contributed by atoms with van der Waals surface area (Å²) < 4.78 is 23.2. The molecule has 1 amide bonds. The topological polar surface area (TPSA) is 153 Å². The maximum Gasteiger partial charge on any atom is 0.312 e. The Balaban J connectivity index is 2.58. The number of amides is 1. The van der Waals surface area contributed by atoms with Gasteiger partial charge in [-0.05, 0) is 36.8 Å². The van der Waals surface area contributed by atoms with Crippen molar-refractivity contribution in [1.82, 2.24) is 0 Å². The lowest BCUT2D eigenvalue weighted by atomic mass is 10.1. The number of aryl methyl sites for hydroxylation is 1. The highest BCUT2D eigenvalue weighted by atomic mass is 32.2. The molecule has 0 saturated heterocycles. The number of nitrogens with one attached hydrogen (secondary N) is 1. The van der Waals surface area contributed by atoms with Crippen LogP contribution in [0.25, 0.3) is 0 Å². The summed E-state index contributed by atoms with van der Waals surface area (Å²) in [4.78, 5) is 21.8. The van der Waals surface area contributed by atoms with Crippen molar-refractivity contribution in [3.8, 4) is 5.75 Å². The minimum Gasteiger partial charge on any atom is -0.501 e. The lowest BCUT2D eigenvalue weighted by molar-refractivity contribution is -0.385. The van der Waals surface area contributed by atoms with Gasteiger partial charge in [-0.15, -0.1) is 0 Å². The van der Waals surface area contributed by atoms with Crippen LogP contribution in [0.5, 0.6) is 5.75 Å². The average Bonchev–Trinajstić information content (AvgIpc) is 2.49. The summed E-state index contributed by atoms with van der Waals surface area (Å²) in [6.07, 6.45) is 1.06. The Labute approximate surface area is 143 Å². The fourth-order valence-electron chi connectivity index (χ4n) is 2.20. The number of rotatable bonds is 5. The van der Waals surface area contributed by atoms with Crippen molar-refractivity contribution >= 4 is 32.8 Å². The van der Waals surface area contributed by atoms with E-state index in [0.717, 1.165) is 18.4 Å². The molecular formula is C15H15N3O6S. The first-order valence-electron chi connectivity index (χ1n) is 6.90. The van der Waals surface area contributed by atoms with E-state index in [1.165, 1.54) is 18.2 Å². The Kier molecular flexibility index (Phi) is 4.66. The van der Waals surface area contributed by atoms with E-state index in [9.17, 15) is 28.4 Å². The number of hydrogen-bond donors (Lipinski definition) is 3. The van der Waals surface area contributed by atoms with Crippen molar-refractivity contribution in [3.05, 3.63) is 51.6 Å². The number of hydrogen-bond acceptors (Lipinski definition) is 7.